The summed E-state index contributed by atoms with van der Waals surface area (Å²) in [7, 11) is -2.30. The highest BCUT2D eigenvalue weighted by molar-refractivity contribution is 7.92. The van der Waals surface area contributed by atoms with Gasteiger partial charge in [-0.05, 0) is 80.8 Å². The molecule has 2 N–H and O–H groups in total. The molecule has 3 rings (SSSR count). The smallest absolute Gasteiger partial charge is 0.261 e. The fourth-order valence-electron chi connectivity index (χ4n) is 3.39. The van der Waals surface area contributed by atoms with Crippen LogP contribution in [0.4, 0.5) is 11.4 Å². The predicted molar refractivity (Wildman–Crippen MR) is 124 cm³/mol. The lowest BCUT2D eigenvalue weighted by Gasteiger charge is -2.15. The van der Waals surface area contributed by atoms with Gasteiger partial charge in [-0.15, -0.1) is 0 Å². The Labute approximate surface area is 183 Å². The number of sulfonamides is 1. The minimum Gasteiger partial charge on any atom is -0.497 e. The van der Waals surface area contributed by atoms with Gasteiger partial charge in [0, 0.05) is 11.3 Å². The summed E-state index contributed by atoms with van der Waals surface area (Å²) in [5.74, 6) is 0.260. The van der Waals surface area contributed by atoms with Crippen LogP contribution in [0.2, 0.25) is 0 Å². The van der Waals surface area contributed by atoms with Gasteiger partial charge in [0.25, 0.3) is 15.9 Å². The van der Waals surface area contributed by atoms with E-state index in [1.54, 1.807) is 37.3 Å². The lowest BCUT2D eigenvalue weighted by molar-refractivity contribution is 0.102. The number of methoxy groups -OCH3 is 1. The van der Waals surface area contributed by atoms with E-state index in [-0.39, 0.29) is 10.8 Å². The largest absolute Gasteiger partial charge is 0.497 e. The molecule has 0 aliphatic heterocycles. The third kappa shape index (κ3) is 5.06. The van der Waals surface area contributed by atoms with E-state index in [4.69, 9.17) is 4.74 Å². The van der Waals surface area contributed by atoms with Crippen molar-refractivity contribution in [3.05, 3.63) is 82.4 Å². The van der Waals surface area contributed by atoms with Crippen LogP contribution in [0, 0.1) is 27.7 Å². The first-order valence-electron chi connectivity index (χ1n) is 9.77. The zero-order chi connectivity index (χ0) is 22.8. The molecule has 7 heteroatoms. The van der Waals surface area contributed by atoms with E-state index >= 15 is 0 Å². The molecule has 0 fully saturated rings. The van der Waals surface area contributed by atoms with Gasteiger partial charge in [0.15, 0.2) is 0 Å². The molecule has 31 heavy (non-hydrogen) atoms. The zero-order valence-corrected chi connectivity index (χ0v) is 19.1. The van der Waals surface area contributed by atoms with Crippen molar-refractivity contribution in [2.75, 3.05) is 17.1 Å². The molecule has 0 aliphatic carbocycles. The second-order valence-electron chi connectivity index (χ2n) is 7.54. The van der Waals surface area contributed by atoms with Crippen molar-refractivity contribution in [2.24, 2.45) is 0 Å². The Morgan fingerprint density at radius 3 is 2.03 bits per heavy atom. The molecule has 0 bridgehead atoms. The molecule has 0 atom stereocenters. The molecule has 6 nitrogen and oxygen atoms in total. The first kappa shape index (κ1) is 22.4. The van der Waals surface area contributed by atoms with E-state index in [0.29, 0.717) is 22.6 Å². The van der Waals surface area contributed by atoms with Gasteiger partial charge < -0.3 is 10.1 Å². The average Bonchev–Trinajstić information content (AvgIpc) is 2.72. The number of carbonyl (C=O) groups is 1. The van der Waals surface area contributed by atoms with Gasteiger partial charge in [0.05, 0.1) is 17.7 Å². The quantitative estimate of drug-likeness (QED) is 0.568. The summed E-state index contributed by atoms with van der Waals surface area (Å²) in [6.07, 6.45) is 0. The van der Waals surface area contributed by atoms with Gasteiger partial charge in [-0.3, -0.25) is 9.52 Å². The molecule has 0 spiro atoms. The molecular formula is C24H26N2O4S. The highest BCUT2D eigenvalue weighted by atomic mass is 32.2. The highest BCUT2D eigenvalue weighted by Crippen LogP contribution is 2.25. The molecule has 0 saturated heterocycles. The number of hydrogen-bond acceptors (Lipinski definition) is 4. The van der Waals surface area contributed by atoms with Crippen molar-refractivity contribution >= 4 is 27.3 Å². The maximum Gasteiger partial charge on any atom is 0.261 e. The van der Waals surface area contributed by atoms with Crippen molar-refractivity contribution in [3.8, 4) is 5.75 Å². The van der Waals surface area contributed by atoms with Gasteiger partial charge in [-0.1, -0.05) is 23.8 Å². The second-order valence-corrected chi connectivity index (χ2v) is 9.22. The van der Waals surface area contributed by atoms with Gasteiger partial charge in [0.2, 0.25) is 0 Å². The van der Waals surface area contributed by atoms with Crippen LogP contribution < -0.4 is 14.8 Å². The number of amides is 1. The van der Waals surface area contributed by atoms with Crippen LogP contribution in [0.15, 0.2) is 59.5 Å². The topological polar surface area (TPSA) is 84.5 Å². The summed E-state index contributed by atoms with van der Waals surface area (Å²) in [5, 5.41) is 2.95. The molecule has 0 heterocycles. The summed E-state index contributed by atoms with van der Waals surface area (Å²) in [6.45, 7) is 7.67. The second kappa shape index (κ2) is 8.81. The van der Waals surface area contributed by atoms with E-state index in [1.807, 2.05) is 32.9 Å². The lowest BCUT2D eigenvalue weighted by atomic mass is 10.0. The van der Waals surface area contributed by atoms with E-state index in [9.17, 15) is 13.2 Å². The van der Waals surface area contributed by atoms with E-state index < -0.39 is 10.0 Å². The number of ether oxygens (including phenoxy) is 1. The lowest BCUT2D eigenvalue weighted by Crippen LogP contribution is -2.17. The van der Waals surface area contributed by atoms with Crippen molar-refractivity contribution < 1.29 is 17.9 Å². The predicted octanol–water partition coefficient (Wildman–Crippen LogP) is 4.98. The standard InChI is InChI=1S/C24H26N2O4S/c1-15-12-17(3)23(18(4)13-15)25-24(27)19-7-6-16(2)22(14-19)26-31(28,29)21-10-8-20(30-5)9-11-21/h6-14,26H,1-5H3,(H,25,27). The molecule has 0 radical (unpaired) electrons. The van der Waals surface area contributed by atoms with Crippen molar-refractivity contribution in [1.82, 2.24) is 0 Å². The summed E-state index contributed by atoms with van der Waals surface area (Å²) in [6, 6.07) is 15.0. The van der Waals surface area contributed by atoms with Gasteiger partial charge in [-0.2, -0.15) is 0 Å². The Morgan fingerprint density at radius 1 is 0.839 bits per heavy atom. The number of aryl methyl sites for hydroxylation is 4. The average molecular weight is 439 g/mol. The molecule has 3 aromatic rings. The fourth-order valence-corrected chi connectivity index (χ4v) is 4.52. The Kier molecular flexibility index (Phi) is 6.36. The number of nitrogens with one attached hydrogen (secondary N) is 2. The Balaban J connectivity index is 1.87. The molecule has 0 aliphatic rings. The number of hydrogen-bond donors (Lipinski definition) is 2. The first-order chi connectivity index (χ1) is 14.6. The van der Waals surface area contributed by atoms with Crippen LogP contribution in [0.3, 0.4) is 0 Å². The minimum absolute atomic E-state index is 0.105. The van der Waals surface area contributed by atoms with Crippen molar-refractivity contribution in [1.29, 1.82) is 0 Å². The molecule has 0 saturated carbocycles. The molecule has 0 unspecified atom stereocenters. The maximum absolute atomic E-state index is 12.9. The van der Waals surface area contributed by atoms with Gasteiger partial charge in [0.1, 0.15) is 5.75 Å². The summed E-state index contributed by atoms with van der Waals surface area (Å²) in [4.78, 5) is 13.0. The van der Waals surface area contributed by atoms with Crippen LogP contribution in [0.25, 0.3) is 0 Å². The van der Waals surface area contributed by atoms with Gasteiger partial charge in [-0.25, -0.2) is 8.42 Å². The molecular weight excluding hydrogens is 412 g/mol. The normalized spacial score (nSPS) is 11.1. The minimum atomic E-state index is -3.82. The zero-order valence-electron chi connectivity index (χ0n) is 18.2. The molecule has 0 aromatic heterocycles. The Hall–Kier alpha value is -3.32. The molecule has 162 valence electrons. The van der Waals surface area contributed by atoms with Gasteiger partial charge >= 0.3 is 0 Å². The highest BCUT2D eigenvalue weighted by Gasteiger charge is 2.17. The number of rotatable bonds is 6. The molecule has 1 amide bonds. The summed E-state index contributed by atoms with van der Waals surface area (Å²) in [5.41, 5.74) is 5.24. The van der Waals surface area contributed by atoms with Crippen LogP contribution in [0.1, 0.15) is 32.6 Å². The van der Waals surface area contributed by atoms with Crippen LogP contribution in [0.5, 0.6) is 5.75 Å². The van der Waals surface area contributed by atoms with E-state index in [2.05, 4.69) is 10.0 Å². The van der Waals surface area contributed by atoms with Crippen LogP contribution in [-0.2, 0) is 10.0 Å². The monoisotopic (exact) mass is 438 g/mol. The Morgan fingerprint density at radius 2 is 1.45 bits per heavy atom. The van der Waals surface area contributed by atoms with Crippen LogP contribution >= 0.6 is 0 Å². The SMILES string of the molecule is COc1ccc(S(=O)(=O)Nc2cc(C(=O)Nc3c(C)cc(C)cc3C)ccc2C)cc1. The third-order valence-electron chi connectivity index (χ3n) is 5.03. The number of benzene rings is 3. The Bertz CT molecular complexity index is 1210. The van der Waals surface area contributed by atoms with E-state index in [0.717, 1.165) is 22.4 Å². The number of anilines is 2. The molecule has 3 aromatic carbocycles. The van der Waals surface area contributed by atoms with Crippen molar-refractivity contribution in [2.45, 2.75) is 32.6 Å². The summed E-state index contributed by atoms with van der Waals surface area (Å²) >= 11 is 0. The number of carbonyl (C=O) groups excluding carboxylic acids is 1. The third-order valence-corrected chi connectivity index (χ3v) is 6.41. The summed E-state index contributed by atoms with van der Waals surface area (Å²) < 4.78 is 33.2. The fraction of sp³-hybridized carbons (Fsp3) is 0.208. The van der Waals surface area contributed by atoms with Crippen LogP contribution in [-0.4, -0.2) is 21.4 Å². The maximum atomic E-state index is 12.9. The first-order valence-corrected chi connectivity index (χ1v) is 11.3. The van der Waals surface area contributed by atoms with E-state index in [1.165, 1.54) is 19.2 Å². The van der Waals surface area contributed by atoms with Crippen molar-refractivity contribution in [3.63, 3.8) is 0 Å².